The number of imide groups is 2. The number of nitrogens with one attached hydrogen (secondary N) is 5. The van der Waals surface area contributed by atoms with Crippen molar-refractivity contribution in [1.29, 1.82) is 0 Å². The minimum Gasteiger partial charge on any atom is -0.494 e. The molecule has 2 saturated heterocycles. The van der Waals surface area contributed by atoms with E-state index in [2.05, 4.69) is 41.5 Å². The summed E-state index contributed by atoms with van der Waals surface area (Å²) >= 11 is 5.95. The minimum absolute atomic E-state index is 0.0347. The summed E-state index contributed by atoms with van der Waals surface area (Å²) in [7, 11) is 1.50. The van der Waals surface area contributed by atoms with Gasteiger partial charge in [0.15, 0.2) is 0 Å². The van der Waals surface area contributed by atoms with Gasteiger partial charge in [-0.15, -0.1) is 0 Å². The van der Waals surface area contributed by atoms with Gasteiger partial charge in [0.1, 0.15) is 29.8 Å². The molecule has 1 atom stereocenters. The molecule has 0 spiro atoms. The molecule has 4 heterocycles. The highest BCUT2D eigenvalue weighted by Crippen LogP contribution is 2.35. The van der Waals surface area contributed by atoms with E-state index in [1.807, 2.05) is 0 Å². The molecule has 2 fully saturated rings. The van der Waals surface area contributed by atoms with Gasteiger partial charge >= 0.3 is 0 Å². The third-order valence-corrected chi connectivity index (χ3v) is 11.9. The molecule has 3 aliphatic heterocycles. The van der Waals surface area contributed by atoms with Crippen LogP contribution in [0.3, 0.4) is 0 Å². The Kier molecular flexibility index (Phi) is 18.5. The van der Waals surface area contributed by atoms with Crippen LogP contribution >= 0.6 is 11.6 Å². The average Bonchev–Trinajstić information content (AvgIpc) is 3.60. The first-order valence-corrected chi connectivity index (χ1v) is 23.3. The van der Waals surface area contributed by atoms with E-state index in [4.69, 9.17) is 35.3 Å². The zero-order valence-corrected chi connectivity index (χ0v) is 39.3. The maximum atomic E-state index is 13.7. The summed E-state index contributed by atoms with van der Waals surface area (Å²) in [6.45, 7) is 5.12. The predicted octanol–water partition coefficient (Wildman–Crippen LogP) is 4.22. The molecule has 0 radical (unpaired) electrons. The number of benzene rings is 3. The van der Waals surface area contributed by atoms with Crippen LogP contribution in [0.25, 0.3) is 10.9 Å². The smallest absolute Gasteiger partial charge is 0.264 e. The SMILES string of the molecule is COc1cc2ncnc(Nc3ccc(F)c(Cl)c3)c2cc1NC(=O)/C=C/CN1CCC(NC(=O)CCOCCOCCOCCOCCNc2cccc3c2C(=O)N(C2CCC(=O)NC2=O)C3=O)CC1. The first-order chi connectivity index (χ1) is 34.0. The lowest BCUT2D eigenvalue weighted by atomic mass is 10.0. The van der Waals surface area contributed by atoms with Crippen molar-refractivity contribution < 1.29 is 56.8 Å². The van der Waals surface area contributed by atoms with Crippen LogP contribution in [-0.4, -0.2) is 153 Å². The van der Waals surface area contributed by atoms with Crippen molar-refractivity contribution in [2.45, 2.75) is 44.2 Å². The second kappa shape index (κ2) is 25.3. The molecule has 0 saturated carbocycles. The summed E-state index contributed by atoms with van der Waals surface area (Å²) in [5.74, 6) is -2.34. The summed E-state index contributed by atoms with van der Waals surface area (Å²) in [5, 5.41) is 15.0. The van der Waals surface area contributed by atoms with Crippen LogP contribution in [0.15, 0.2) is 67.0 Å². The Hall–Kier alpha value is -6.62. The van der Waals surface area contributed by atoms with Gasteiger partial charge in [0.05, 0.1) is 87.3 Å². The molecule has 372 valence electrons. The standard InChI is InChI=1S/C48H55ClFN9O11/c1-66-40-28-37-33(45(53-29-52-37)55-31-7-8-35(50)34(49)26-31)27-38(40)56-41(60)6-3-15-58-16-11-30(12-17-58)54-43(62)13-18-67-20-22-69-24-25-70-23-21-68-19-14-51-36-5-2-4-32-44(36)48(65)59(47(32)64)39-9-10-42(61)57-46(39)63/h2-8,26-30,39,51H,9-25H2,1H3,(H,54,62)(H,56,60)(H,52,53,55)(H,57,61,63)/b6-3+. The Morgan fingerprint density at radius 3 is 2.31 bits per heavy atom. The van der Waals surface area contributed by atoms with Crippen molar-refractivity contribution in [1.82, 2.24) is 30.4 Å². The second-order valence-corrected chi connectivity index (χ2v) is 16.8. The number of rotatable bonds is 25. The van der Waals surface area contributed by atoms with Crippen LogP contribution in [0.1, 0.15) is 52.8 Å². The largest absolute Gasteiger partial charge is 0.494 e. The van der Waals surface area contributed by atoms with E-state index in [1.165, 1.54) is 37.7 Å². The molecular weight excluding hydrogens is 933 g/mol. The van der Waals surface area contributed by atoms with Gasteiger partial charge in [-0.05, 0) is 55.7 Å². The molecule has 1 unspecified atom stereocenters. The number of hydrogen-bond acceptors (Lipinski definition) is 16. The number of carbonyl (C=O) groups excluding carboxylic acids is 6. The highest BCUT2D eigenvalue weighted by molar-refractivity contribution is 6.31. The van der Waals surface area contributed by atoms with Crippen LogP contribution in [0.4, 0.5) is 27.3 Å². The number of halogens is 2. The fourth-order valence-electron chi connectivity index (χ4n) is 8.05. The van der Waals surface area contributed by atoms with Crippen LogP contribution in [0.5, 0.6) is 5.75 Å². The van der Waals surface area contributed by atoms with E-state index in [-0.39, 0.29) is 59.9 Å². The Labute approximate surface area is 407 Å². The Bertz CT molecular complexity index is 2580. The van der Waals surface area contributed by atoms with Gasteiger partial charge in [-0.1, -0.05) is 23.7 Å². The zero-order valence-electron chi connectivity index (χ0n) is 38.6. The Balaban J connectivity index is 0.684. The van der Waals surface area contributed by atoms with E-state index in [1.54, 1.807) is 36.4 Å². The summed E-state index contributed by atoms with van der Waals surface area (Å²) < 4.78 is 41.5. The van der Waals surface area contributed by atoms with Gasteiger partial charge in [-0.2, -0.15) is 0 Å². The summed E-state index contributed by atoms with van der Waals surface area (Å²) in [5.41, 5.74) is 2.36. The van der Waals surface area contributed by atoms with Crippen LogP contribution < -0.4 is 31.3 Å². The van der Waals surface area contributed by atoms with Crippen molar-refractivity contribution in [3.63, 3.8) is 0 Å². The number of aromatic nitrogens is 2. The predicted molar refractivity (Wildman–Crippen MR) is 256 cm³/mol. The van der Waals surface area contributed by atoms with Gasteiger partial charge in [0.2, 0.25) is 23.6 Å². The fourth-order valence-corrected chi connectivity index (χ4v) is 8.23. The van der Waals surface area contributed by atoms with Gasteiger partial charge < -0.3 is 45.0 Å². The Morgan fingerprint density at radius 1 is 0.871 bits per heavy atom. The first kappa shape index (κ1) is 51.2. The van der Waals surface area contributed by atoms with Crippen LogP contribution in [0, 0.1) is 5.82 Å². The highest BCUT2D eigenvalue weighted by atomic mass is 35.5. The summed E-state index contributed by atoms with van der Waals surface area (Å²) in [6.07, 6.45) is 6.58. The lowest BCUT2D eigenvalue weighted by Gasteiger charge is -2.31. The summed E-state index contributed by atoms with van der Waals surface area (Å²) in [4.78, 5) is 87.4. The first-order valence-electron chi connectivity index (χ1n) is 22.9. The number of piperidine rings is 2. The zero-order chi connectivity index (χ0) is 49.4. The van der Waals surface area contributed by atoms with Gasteiger partial charge in [-0.3, -0.25) is 43.9 Å². The van der Waals surface area contributed by atoms with Crippen LogP contribution in [0.2, 0.25) is 5.02 Å². The molecule has 0 bridgehead atoms. The third-order valence-electron chi connectivity index (χ3n) is 11.6. The van der Waals surface area contributed by atoms with Gasteiger partial charge in [-0.25, -0.2) is 14.4 Å². The maximum absolute atomic E-state index is 13.7. The average molecular weight is 988 g/mol. The number of fused-ring (bicyclic) bond motifs is 2. The van der Waals surface area contributed by atoms with Crippen molar-refractivity contribution in [2.75, 3.05) is 102 Å². The molecule has 0 aliphatic carbocycles. The van der Waals surface area contributed by atoms with Crippen molar-refractivity contribution in [3.8, 4) is 5.75 Å². The quantitative estimate of drug-likeness (QED) is 0.0355. The topological polar surface area (TPSA) is 241 Å². The van der Waals surface area contributed by atoms with E-state index >= 15 is 0 Å². The van der Waals surface area contributed by atoms with Crippen molar-refractivity contribution in [2.24, 2.45) is 0 Å². The third kappa shape index (κ3) is 13.8. The number of amides is 6. The van der Waals surface area contributed by atoms with Crippen molar-refractivity contribution >= 4 is 80.8 Å². The van der Waals surface area contributed by atoms with E-state index in [0.717, 1.165) is 30.8 Å². The molecule has 6 amide bonds. The highest BCUT2D eigenvalue weighted by Gasteiger charge is 2.45. The lowest BCUT2D eigenvalue weighted by Crippen LogP contribution is -2.54. The normalized spacial score (nSPS) is 16.4. The van der Waals surface area contributed by atoms with Crippen molar-refractivity contribution in [3.05, 3.63) is 89.0 Å². The molecule has 7 rings (SSSR count). The number of likely N-dealkylation sites (tertiary alicyclic amines) is 1. The minimum atomic E-state index is -1.03. The van der Waals surface area contributed by atoms with E-state index in [9.17, 15) is 33.2 Å². The number of hydrogen-bond donors (Lipinski definition) is 5. The second-order valence-electron chi connectivity index (χ2n) is 16.4. The van der Waals surface area contributed by atoms with Gasteiger partial charge in [0.25, 0.3) is 11.8 Å². The molecular formula is C48H55ClFN9O11. The monoisotopic (exact) mass is 987 g/mol. The summed E-state index contributed by atoms with van der Waals surface area (Å²) in [6, 6.07) is 11.5. The molecule has 70 heavy (non-hydrogen) atoms. The van der Waals surface area contributed by atoms with E-state index in [0.29, 0.717) is 98.9 Å². The fraction of sp³-hybridized carbons (Fsp3) is 0.417. The number of nitrogens with zero attached hydrogens (tertiary/aromatic N) is 4. The molecule has 1 aromatic heterocycles. The molecule has 4 aromatic rings. The Morgan fingerprint density at radius 2 is 1.60 bits per heavy atom. The van der Waals surface area contributed by atoms with Gasteiger partial charge in [0, 0.05) is 74.0 Å². The molecule has 22 heteroatoms. The number of carbonyl (C=O) groups is 6. The lowest BCUT2D eigenvalue weighted by molar-refractivity contribution is -0.136. The molecule has 20 nitrogen and oxygen atoms in total. The van der Waals surface area contributed by atoms with Crippen LogP contribution in [-0.2, 0) is 38.1 Å². The molecule has 3 aromatic carbocycles. The molecule has 3 aliphatic rings. The number of methoxy groups -OCH3 is 1. The maximum Gasteiger partial charge on any atom is 0.264 e. The number of ether oxygens (including phenoxy) is 5. The molecule has 5 N–H and O–H groups in total. The number of anilines is 4. The van der Waals surface area contributed by atoms with E-state index < -0.39 is 35.5 Å².